The lowest BCUT2D eigenvalue weighted by Gasteiger charge is -2.31. The summed E-state index contributed by atoms with van der Waals surface area (Å²) in [6, 6.07) is 6.26. The first-order chi connectivity index (χ1) is 8.38. The first kappa shape index (κ1) is 15.5. The van der Waals surface area contributed by atoms with Crippen molar-refractivity contribution in [3.63, 3.8) is 0 Å². The number of benzene rings is 1. The molecule has 0 spiro atoms. The van der Waals surface area contributed by atoms with Gasteiger partial charge in [0, 0.05) is 18.1 Å². The van der Waals surface area contributed by atoms with Crippen LogP contribution in [0.15, 0.2) is 18.2 Å². The molecular weight excluding hydrogens is 244 g/mol. The van der Waals surface area contributed by atoms with E-state index in [0.29, 0.717) is 6.54 Å². The van der Waals surface area contributed by atoms with Crippen molar-refractivity contribution < 1.29 is 0 Å². The molecule has 1 rings (SSSR count). The summed E-state index contributed by atoms with van der Waals surface area (Å²) < 4.78 is 0. The summed E-state index contributed by atoms with van der Waals surface area (Å²) in [7, 11) is 0. The second kappa shape index (κ2) is 6.55. The van der Waals surface area contributed by atoms with E-state index in [0.717, 1.165) is 24.7 Å². The Morgan fingerprint density at radius 1 is 1.33 bits per heavy atom. The molecule has 0 amide bonds. The van der Waals surface area contributed by atoms with Crippen LogP contribution in [0.3, 0.4) is 0 Å². The monoisotopic (exact) mass is 268 g/mol. The van der Waals surface area contributed by atoms with Gasteiger partial charge in [-0.25, -0.2) is 0 Å². The largest absolute Gasteiger partial charge is 0.330 e. The standard InChI is InChI=1S/C15H25ClN2/c1-5-18(11-15(3,4)10-17)9-13-7-6-12(2)8-14(13)16/h6-8H,5,9-11,17H2,1-4H3. The predicted molar refractivity (Wildman–Crippen MR) is 80.0 cm³/mol. The Bertz CT molecular complexity index is 388. The molecule has 1 aromatic carbocycles. The average molecular weight is 269 g/mol. The highest BCUT2D eigenvalue weighted by molar-refractivity contribution is 6.31. The summed E-state index contributed by atoms with van der Waals surface area (Å²) in [5.41, 5.74) is 8.34. The van der Waals surface area contributed by atoms with Crippen LogP contribution in [-0.4, -0.2) is 24.5 Å². The third kappa shape index (κ3) is 4.60. The van der Waals surface area contributed by atoms with Crippen LogP contribution in [0.4, 0.5) is 0 Å². The number of halogens is 1. The molecule has 2 N–H and O–H groups in total. The second-order valence-electron chi connectivity index (χ2n) is 5.77. The molecule has 2 nitrogen and oxygen atoms in total. The molecule has 0 saturated carbocycles. The summed E-state index contributed by atoms with van der Waals surface area (Å²) in [6.07, 6.45) is 0. The molecule has 18 heavy (non-hydrogen) atoms. The lowest BCUT2D eigenvalue weighted by molar-refractivity contribution is 0.183. The topological polar surface area (TPSA) is 29.3 Å². The van der Waals surface area contributed by atoms with Crippen LogP contribution in [0.5, 0.6) is 0 Å². The van der Waals surface area contributed by atoms with Gasteiger partial charge in [-0.05, 0) is 42.6 Å². The molecule has 0 heterocycles. The van der Waals surface area contributed by atoms with E-state index in [1.165, 1.54) is 11.1 Å². The van der Waals surface area contributed by atoms with Gasteiger partial charge in [-0.1, -0.05) is 44.5 Å². The van der Waals surface area contributed by atoms with Crippen molar-refractivity contribution in [2.24, 2.45) is 11.1 Å². The Hall–Kier alpha value is -0.570. The quantitative estimate of drug-likeness (QED) is 0.856. The van der Waals surface area contributed by atoms with Gasteiger partial charge in [0.05, 0.1) is 0 Å². The van der Waals surface area contributed by atoms with Crippen molar-refractivity contribution >= 4 is 11.6 Å². The maximum absolute atomic E-state index is 6.28. The number of aryl methyl sites for hydroxylation is 1. The number of nitrogens with zero attached hydrogens (tertiary/aromatic N) is 1. The summed E-state index contributed by atoms with van der Waals surface area (Å²) in [6.45, 7) is 12.2. The minimum atomic E-state index is 0.146. The number of rotatable bonds is 6. The summed E-state index contributed by atoms with van der Waals surface area (Å²) in [5, 5.41) is 0.860. The molecule has 0 fully saturated rings. The number of hydrogen-bond acceptors (Lipinski definition) is 2. The molecule has 1 aromatic rings. The first-order valence-electron chi connectivity index (χ1n) is 6.55. The van der Waals surface area contributed by atoms with E-state index >= 15 is 0 Å². The van der Waals surface area contributed by atoms with E-state index in [1.54, 1.807) is 0 Å². The van der Waals surface area contributed by atoms with Gasteiger partial charge in [0.2, 0.25) is 0 Å². The highest BCUT2D eigenvalue weighted by Crippen LogP contribution is 2.21. The zero-order chi connectivity index (χ0) is 13.8. The Balaban J connectivity index is 2.74. The van der Waals surface area contributed by atoms with Crippen molar-refractivity contribution in [3.05, 3.63) is 34.3 Å². The minimum Gasteiger partial charge on any atom is -0.330 e. The third-order valence-electron chi connectivity index (χ3n) is 3.25. The van der Waals surface area contributed by atoms with E-state index in [4.69, 9.17) is 17.3 Å². The average Bonchev–Trinajstić information content (AvgIpc) is 2.31. The van der Waals surface area contributed by atoms with Crippen molar-refractivity contribution in [1.29, 1.82) is 0 Å². The molecular formula is C15H25ClN2. The van der Waals surface area contributed by atoms with Gasteiger partial charge in [0.1, 0.15) is 0 Å². The zero-order valence-corrected chi connectivity index (χ0v) is 12.7. The van der Waals surface area contributed by atoms with Gasteiger partial charge >= 0.3 is 0 Å². The molecule has 0 saturated heterocycles. The Kier molecular flexibility index (Phi) is 5.64. The fraction of sp³-hybridized carbons (Fsp3) is 0.600. The molecule has 0 radical (unpaired) electrons. The van der Waals surface area contributed by atoms with Crippen molar-refractivity contribution in [2.75, 3.05) is 19.6 Å². The Morgan fingerprint density at radius 3 is 2.50 bits per heavy atom. The third-order valence-corrected chi connectivity index (χ3v) is 3.61. The van der Waals surface area contributed by atoms with Gasteiger partial charge in [-0.2, -0.15) is 0 Å². The Morgan fingerprint density at radius 2 is 2.00 bits per heavy atom. The van der Waals surface area contributed by atoms with E-state index in [-0.39, 0.29) is 5.41 Å². The molecule has 0 aliphatic rings. The predicted octanol–water partition coefficient (Wildman–Crippen LogP) is 3.46. The van der Waals surface area contributed by atoms with Crippen molar-refractivity contribution in [1.82, 2.24) is 4.90 Å². The molecule has 0 unspecified atom stereocenters. The number of hydrogen-bond donors (Lipinski definition) is 1. The van der Waals surface area contributed by atoms with E-state index in [2.05, 4.69) is 44.7 Å². The SMILES string of the molecule is CCN(Cc1ccc(C)cc1Cl)CC(C)(C)CN. The molecule has 0 atom stereocenters. The van der Waals surface area contributed by atoms with Crippen LogP contribution in [-0.2, 0) is 6.54 Å². The maximum atomic E-state index is 6.28. The van der Waals surface area contributed by atoms with E-state index in [1.807, 2.05) is 6.07 Å². The van der Waals surface area contributed by atoms with Crippen LogP contribution >= 0.6 is 11.6 Å². The van der Waals surface area contributed by atoms with Crippen LogP contribution in [0.2, 0.25) is 5.02 Å². The molecule has 102 valence electrons. The highest BCUT2D eigenvalue weighted by Gasteiger charge is 2.19. The molecule has 0 aliphatic carbocycles. The summed E-state index contributed by atoms with van der Waals surface area (Å²) >= 11 is 6.28. The van der Waals surface area contributed by atoms with Crippen LogP contribution in [0.25, 0.3) is 0 Å². The zero-order valence-electron chi connectivity index (χ0n) is 12.0. The molecule has 3 heteroatoms. The van der Waals surface area contributed by atoms with Gasteiger partial charge in [-0.3, -0.25) is 4.90 Å². The summed E-state index contributed by atoms with van der Waals surface area (Å²) in [5.74, 6) is 0. The highest BCUT2D eigenvalue weighted by atomic mass is 35.5. The van der Waals surface area contributed by atoms with Gasteiger partial charge in [-0.15, -0.1) is 0 Å². The van der Waals surface area contributed by atoms with Gasteiger partial charge < -0.3 is 5.73 Å². The molecule has 0 aromatic heterocycles. The maximum Gasteiger partial charge on any atom is 0.0453 e. The fourth-order valence-electron chi connectivity index (χ4n) is 1.97. The van der Waals surface area contributed by atoms with Gasteiger partial charge in [0.15, 0.2) is 0 Å². The van der Waals surface area contributed by atoms with Crippen molar-refractivity contribution in [2.45, 2.75) is 34.2 Å². The van der Waals surface area contributed by atoms with E-state index < -0.39 is 0 Å². The smallest absolute Gasteiger partial charge is 0.0453 e. The fourth-order valence-corrected chi connectivity index (χ4v) is 2.27. The van der Waals surface area contributed by atoms with Crippen LogP contribution < -0.4 is 5.73 Å². The lowest BCUT2D eigenvalue weighted by atomic mass is 9.93. The minimum absolute atomic E-state index is 0.146. The van der Waals surface area contributed by atoms with Crippen LogP contribution in [0.1, 0.15) is 31.9 Å². The van der Waals surface area contributed by atoms with Crippen molar-refractivity contribution in [3.8, 4) is 0 Å². The molecule has 0 aliphatic heterocycles. The van der Waals surface area contributed by atoms with Crippen LogP contribution in [0, 0.1) is 12.3 Å². The Labute approximate surface area is 116 Å². The normalized spacial score (nSPS) is 12.2. The van der Waals surface area contributed by atoms with E-state index in [9.17, 15) is 0 Å². The van der Waals surface area contributed by atoms with Gasteiger partial charge in [0.25, 0.3) is 0 Å². The second-order valence-corrected chi connectivity index (χ2v) is 6.17. The lowest BCUT2D eigenvalue weighted by Crippen LogP contribution is -2.38. The number of nitrogens with two attached hydrogens (primary N) is 1. The summed E-state index contributed by atoms with van der Waals surface area (Å²) in [4.78, 5) is 2.39. The first-order valence-corrected chi connectivity index (χ1v) is 6.93. The molecule has 0 bridgehead atoms.